The quantitative estimate of drug-likeness (QED) is 0.891. The third-order valence-corrected chi connectivity index (χ3v) is 6.39. The van der Waals surface area contributed by atoms with E-state index < -0.39 is 10.0 Å². The van der Waals surface area contributed by atoms with Gasteiger partial charge in [0, 0.05) is 13.1 Å². The molecule has 1 heterocycles. The van der Waals surface area contributed by atoms with Gasteiger partial charge in [0.25, 0.3) is 0 Å². The highest BCUT2D eigenvalue weighted by atomic mass is 35.5. The van der Waals surface area contributed by atoms with E-state index in [9.17, 15) is 8.42 Å². The summed E-state index contributed by atoms with van der Waals surface area (Å²) in [6, 6.07) is 5.41. The number of halogens is 1. The highest BCUT2D eigenvalue weighted by Crippen LogP contribution is 2.26. The van der Waals surface area contributed by atoms with Gasteiger partial charge >= 0.3 is 0 Å². The van der Waals surface area contributed by atoms with Gasteiger partial charge in [-0.25, -0.2) is 8.42 Å². The second-order valence-corrected chi connectivity index (χ2v) is 7.92. The van der Waals surface area contributed by atoms with Gasteiger partial charge in [0.1, 0.15) is 0 Å². The third-order valence-electron chi connectivity index (χ3n) is 4.49. The van der Waals surface area contributed by atoms with Crippen LogP contribution in [0.3, 0.4) is 0 Å². The summed E-state index contributed by atoms with van der Waals surface area (Å²) in [5, 5.41) is 3.16. The molecule has 1 saturated heterocycles. The van der Waals surface area contributed by atoms with E-state index in [0.29, 0.717) is 23.9 Å². The number of hydrogen-bond donors (Lipinski definition) is 1. The second kappa shape index (κ2) is 8.29. The second-order valence-electron chi connectivity index (χ2n) is 5.99. The molecule has 0 bridgehead atoms. The lowest BCUT2D eigenvalue weighted by Gasteiger charge is -2.31. The zero-order chi connectivity index (χ0) is 15.5. The minimum atomic E-state index is -3.33. The Labute approximate surface area is 140 Å². The van der Waals surface area contributed by atoms with Gasteiger partial charge in [0.15, 0.2) is 0 Å². The molecule has 0 atom stereocenters. The number of benzene rings is 1. The van der Waals surface area contributed by atoms with Crippen LogP contribution < -0.4 is 5.32 Å². The average molecular weight is 347 g/mol. The number of sulfonamides is 1. The molecule has 6 heteroatoms. The minimum Gasteiger partial charge on any atom is -0.320 e. The first kappa shape index (κ1) is 19.4. The summed E-state index contributed by atoms with van der Waals surface area (Å²) in [6.45, 7) is 6.25. The van der Waals surface area contributed by atoms with E-state index in [2.05, 4.69) is 5.32 Å². The summed E-state index contributed by atoms with van der Waals surface area (Å²) >= 11 is 0. The van der Waals surface area contributed by atoms with Gasteiger partial charge in [-0.2, -0.15) is 4.31 Å². The Balaban J connectivity index is 0.00000242. The molecular weight excluding hydrogens is 320 g/mol. The van der Waals surface area contributed by atoms with Crippen LogP contribution in [0.15, 0.2) is 23.1 Å². The first-order valence-corrected chi connectivity index (χ1v) is 9.11. The number of piperidine rings is 1. The van der Waals surface area contributed by atoms with Crippen LogP contribution in [0, 0.1) is 19.8 Å². The lowest BCUT2D eigenvalue weighted by Crippen LogP contribution is -2.38. The van der Waals surface area contributed by atoms with E-state index in [-0.39, 0.29) is 12.4 Å². The van der Waals surface area contributed by atoms with Gasteiger partial charge in [0.2, 0.25) is 10.0 Å². The van der Waals surface area contributed by atoms with Crippen molar-refractivity contribution in [2.75, 3.05) is 26.7 Å². The van der Waals surface area contributed by atoms with Crippen molar-refractivity contribution in [2.24, 2.45) is 5.92 Å². The molecular formula is C16H27ClN2O2S. The number of nitrogens with one attached hydrogen (secondary N) is 1. The molecule has 1 aromatic carbocycles. The molecule has 0 aliphatic carbocycles. The molecule has 1 fully saturated rings. The van der Waals surface area contributed by atoms with Crippen LogP contribution in [0.1, 0.15) is 30.4 Å². The fourth-order valence-electron chi connectivity index (χ4n) is 2.81. The molecule has 1 N–H and O–H groups in total. The summed E-state index contributed by atoms with van der Waals surface area (Å²) in [5.41, 5.74) is 2.15. The van der Waals surface area contributed by atoms with Crippen LogP contribution in [-0.4, -0.2) is 39.4 Å². The summed E-state index contributed by atoms with van der Waals surface area (Å²) < 4.78 is 27.0. The van der Waals surface area contributed by atoms with Gasteiger partial charge in [-0.3, -0.25) is 0 Å². The normalized spacial score (nSPS) is 17.2. The molecule has 126 valence electrons. The van der Waals surface area contributed by atoms with Crippen LogP contribution in [0.2, 0.25) is 0 Å². The van der Waals surface area contributed by atoms with Crippen LogP contribution in [0.4, 0.5) is 0 Å². The number of hydrogen-bond acceptors (Lipinski definition) is 3. The molecule has 0 radical (unpaired) electrons. The van der Waals surface area contributed by atoms with E-state index in [1.165, 1.54) is 0 Å². The Morgan fingerprint density at radius 2 is 1.82 bits per heavy atom. The lowest BCUT2D eigenvalue weighted by molar-refractivity contribution is 0.263. The summed E-state index contributed by atoms with van der Waals surface area (Å²) in [6.07, 6.45) is 3.06. The number of nitrogens with zero attached hydrogens (tertiary/aromatic N) is 1. The maximum atomic E-state index is 12.7. The van der Waals surface area contributed by atoms with Crippen LogP contribution in [0.25, 0.3) is 0 Å². The monoisotopic (exact) mass is 346 g/mol. The molecule has 0 saturated carbocycles. The molecule has 1 aliphatic rings. The summed E-state index contributed by atoms with van der Waals surface area (Å²) in [7, 11) is -1.37. The van der Waals surface area contributed by atoms with Gasteiger partial charge in [0.05, 0.1) is 4.90 Å². The van der Waals surface area contributed by atoms with E-state index in [4.69, 9.17) is 0 Å². The van der Waals surface area contributed by atoms with E-state index in [1.54, 1.807) is 16.4 Å². The van der Waals surface area contributed by atoms with Crippen molar-refractivity contribution in [3.05, 3.63) is 29.3 Å². The van der Waals surface area contributed by atoms with E-state index >= 15 is 0 Å². The third kappa shape index (κ3) is 4.44. The zero-order valence-corrected chi connectivity index (χ0v) is 15.3. The molecule has 0 amide bonds. The van der Waals surface area contributed by atoms with Crippen molar-refractivity contribution in [2.45, 2.75) is 38.0 Å². The molecule has 1 aliphatic heterocycles. The number of rotatable bonds is 5. The van der Waals surface area contributed by atoms with Gasteiger partial charge in [-0.05, 0) is 75.9 Å². The maximum Gasteiger partial charge on any atom is 0.243 e. The van der Waals surface area contributed by atoms with Crippen molar-refractivity contribution < 1.29 is 8.42 Å². The predicted octanol–water partition coefficient (Wildman–Crippen LogP) is 2.74. The summed E-state index contributed by atoms with van der Waals surface area (Å²) in [5.74, 6) is 0.642. The topological polar surface area (TPSA) is 49.4 Å². The largest absolute Gasteiger partial charge is 0.320 e. The Kier molecular flexibility index (Phi) is 7.32. The maximum absolute atomic E-state index is 12.7. The molecule has 4 nitrogen and oxygen atoms in total. The van der Waals surface area contributed by atoms with E-state index in [1.807, 2.05) is 27.0 Å². The Morgan fingerprint density at radius 1 is 1.18 bits per heavy atom. The lowest BCUT2D eigenvalue weighted by atomic mass is 9.95. The van der Waals surface area contributed by atoms with Gasteiger partial charge in [-0.15, -0.1) is 12.4 Å². The van der Waals surface area contributed by atoms with Crippen molar-refractivity contribution in [3.63, 3.8) is 0 Å². The zero-order valence-electron chi connectivity index (χ0n) is 13.6. The van der Waals surface area contributed by atoms with Crippen LogP contribution in [0.5, 0.6) is 0 Å². The SMILES string of the molecule is CNCCC1CCN(S(=O)(=O)c2ccc(C)c(C)c2)CC1.Cl. The van der Waals surface area contributed by atoms with Crippen molar-refractivity contribution in [1.29, 1.82) is 0 Å². The fraction of sp³-hybridized carbons (Fsp3) is 0.625. The molecule has 0 spiro atoms. The summed E-state index contributed by atoms with van der Waals surface area (Å²) in [4.78, 5) is 0.430. The first-order chi connectivity index (χ1) is 9.95. The smallest absolute Gasteiger partial charge is 0.243 e. The van der Waals surface area contributed by atoms with Crippen LogP contribution >= 0.6 is 12.4 Å². The minimum absolute atomic E-state index is 0. The molecule has 1 aromatic rings. The molecule has 22 heavy (non-hydrogen) atoms. The molecule has 0 aromatic heterocycles. The van der Waals surface area contributed by atoms with Crippen molar-refractivity contribution in [3.8, 4) is 0 Å². The highest BCUT2D eigenvalue weighted by molar-refractivity contribution is 7.89. The Morgan fingerprint density at radius 3 is 2.36 bits per heavy atom. The Bertz CT molecular complexity index is 582. The van der Waals surface area contributed by atoms with Gasteiger partial charge < -0.3 is 5.32 Å². The van der Waals surface area contributed by atoms with Crippen molar-refractivity contribution in [1.82, 2.24) is 9.62 Å². The predicted molar refractivity (Wildman–Crippen MR) is 93.2 cm³/mol. The standard InChI is InChI=1S/C16H26N2O2S.ClH/c1-13-4-5-16(12-14(13)2)21(19,20)18-10-7-15(8-11-18)6-9-17-3;/h4-5,12,15,17H,6-11H2,1-3H3;1H. The first-order valence-electron chi connectivity index (χ1n) is 7.67. The van der Waals surface area contributed by atoms with E-state index in [0.717, 1.165) is 36.9 Å². The fourth-order valence-corrected chi connectivity index (χ4v) is 4.37. The highest BCUT2D eigenvalue weighted by Gasteiger charge is 2.29. The van der Waals surface area contributed by atoms with Crippen molar-refractivity contribution >= 4 is 22.4 Å². The molecule has 0 unspecified atom stereocenters. The average Bonchev–Trinajstić information content (AvgIpc) is 2.48. The Hall–Kier alpha value is -0.620. The van der Waals surface area contributed by atoms with Crippen LogP contribution in [-0.2, 0) is 10.0 Å². The van der Waals surface area contributed by atoms with Gasteiger partial charge in [-0.1, -0.05) is 6.07 Å². The molecule has 2 rings (SSSR count). The number of aryl methyl sites for hydroxylation is 2.